The molecule has 126 valence electrons. The van der Waals surface area contributed by atoms with Gasteiger partial charge >= 0.3 is 0 Å². The van der Waals surface area contributed by atoms with Crippen molar-refractivity contribution >= 4 is 11.9 Å². The van der Waals surface area contributed by atoms with Crippen molar-refractivity contribution < 1.29 is 14.3 Å². The van der Waals surface area contributed by atoms with Crippen LogP contribution in [0.3, 0.4) is 0 Å². The minimum Gasteiger partial charge on any atom is -0.491 e. The molecule has 0 saturated carbocycles. The number of carbonyl (C=O) groups excluding carboxylic acids is 1. The highest BCUT2D eigenvalue weighted by Crippen LogP contribution is 2.17. The van der Waals surface area contributed by atoms with Gasteiger partial charge in [-0.2, -0.15) is 0 Å². The quantitative estimate of drug-likeness (QED) is 0.521. The average molecular weight is 324 g/mol. The summed E-state index contributed by atoms with van der Waals surface area (Å²) in [6.07, 6.45) is 3.62. The zero-order valence-electron chi connectivity index (χ0n) is 14.7. The highest BCUT2D eigenvalue weighted by molar-refractivity contribution is 6.06. The average Bonchev–Trinajstić information content (AvgIpc) is 2.52. The van der Waals surface area contributed by atoms with E-state index >= 15 is 0 Å². The fourth-order valence-electron chi connectivity index (χ4n) is 2.20. The number of rotatable bonds is 7. The normalized spacial score (nSPS) is 11.2. The molecule has 3 heteroatoms. The summed E-state index contributed by atoms with van der Waals surface area (Å²) >= 11 is 0. The first-order valence-corrected chi connectivity index (χ1v) is 8.20. The number of carbonyl (C=O) groups is 1. The van der Waals surface area contributed by atoms with Crippen LogP contribution in [0.5, 0.6) is 11.5 Å². The van der Waals surface area contributed by atoms with E-state index in [0.29, 0.717) is 5.56 Å². The Morgan fingerprint density at radius 3 is 2.12 bits per heavy atom. The highest BCUT2D eigenvalue weighted by Gasteiger charge is 2.04. The zero-order chi connectivity index (χ0) is 17.5. The molecule has 0 aliphatic heterocycles. The fraction of sp³-hybridized carbons (Fsp3) is 0.286. The van der Waals surface area contributed by atoms with Gasteiger partial charge in [0, 0.05) is 5.56 Å². The summed E-state index contributed by atoms with van der Waals surface area (Å²) in [5.74, 6) is 1.53. The highest BCUT2D eigenvalue weighted by atomic mass is 16.5. The first-order valence-electron chi connectivity index (χ1n) is 8.20. The largest absolute Gasteiger partial charge is 0.491 e. The van der Waals surface area contributed by atoms with E-state index in [2.05, 4.69) is 0 Å². The van der Waals surface area contributed by atoms with E-state index < -0.39 is 0 Å². The predicted molar refractivity (Wildman–Crippen MR) is 97.8 cm³/mol. The molecule has 3 nitrogen and oxygen atoms in total. The molecular weight excluding hydrogens is 300 g/mol. The number of benzene rings is 2. The van der Waals surface area contributed by atoms with Crippen LogP contribution < -0.4 is 9.47 Å². The monoisotopic (exact) mass is 324 g/mol. The molecule has 0 N–H and O–H groups in total. The van der Waals surface area contributed by atoms with Crippen molar-refractivity contribution in [3.63, 3.8) is 0 Å². The van der Waals surface area contributed by atoms with Crippen LogP contribution in [0.2, 0.25) is 0 Å². The smallest absolute Gasteiger partial charge is 0.185 e. The first kappa shape index (κ1) is 17.8. The van der Waals surface area contributed by atoms with E-state index in [0.717, 1.165) is 17.1 Å². The lowest BCUT2D eigenvalue weighted by Gasteiger charge is -2.10. The molecule has 2 aromatic carbocycles. The van der Waals surface area contributed by atoms with Gasteiger partial charge in [-0.3, -0.25) is 4.79 Å². The molecular formula is C21H24O3. The van der Waals surface area contributed by atoms with Crippen LogP contribution in [0.1, 0.15) is 43.6 Å². The van der Waals surface area contributed by atoms with Gasteiger partial charge in [0.1, 0.15) is 11.5 Å². The van der Waals surface area contributed by atoms with Gasteiger partial charge in [0.2, 0.25) is 0 Å². The number of allylic oxidation sites excluding steroid dienone is 1. The van der Waals surface area contributed by atoms with Gasteiger partial charge in [0.25, 0.3) is 0 Å². The molecule has 0 aromatic heterocycles. The van der Waals surface area contributed by atoms with E-state index in [1.54, 1.807) is 24.3 Å². The van der Waals surface area contributed by atoms with Crippen LogP contribution in [-0.2, 0) is 0 Å². The maximum Gasteiger partial charge on any atom is 0.185 e. The SMILES string of the molecule is CC(C)Oc1ccc(C(=O)/C=C/c2cccc(OC(C)C)c2)cc1. The molecule has 0 aliphatic rings. The lowest BCUT2D eigenvalue weighted by Crippen LogP contribution is -2.05. The summed E-state index contributed by atoms with van der Waals surface area (Å²) < 4.78 is 11.2. The molecule has 0 aliphatic carbocycles. The van der Waals surface area contributed by atoms with Crippen LogP contribution in [0, 0.1) is 0 Å². The Hall–Kier alpha value is -2.55. The summed E-state index contributed by atoms with van der Waals surface area (Å²) in [5, 5.41) is 0. The van der Waals surface area contributed by atoms with E-state index in [9.17, 15) is 4.79 Å². The van der Waals surface area contributed by atoms with Crippen molar-refractivity contribution in [3.8, 4) is 11.5 Å². The molecule has 0 atom stereocenters. The summed E-state index contributed by atoms with van der Waals surface area (Å²) in [6.45, 7) is 7.91. The molecule has 0 bridgehead atoms. The minimum absolute atomic E-state index is 0.0405. The van der Waals surface area contributed by atoms with Gasteiger partial charge in [0.05, 0.1) is 12.2 Å². The van der Waals surface area contributed by atoms with E-state index in [1.807, 2.05) is 64.1 Å². The summed E-state index contributed by atoms with van der Waals surface area (Å²) in [7, 11) is 0. The zero-order valence-corrected chi connectivity index (χ0v) is 14.7. The second-order valence-corrected chi connectivity index (χ2v) is 6.13. The van der Waals surface area contributed by atoms with Crippen molar-refractivity contribution in [3.05, 3.63) is 65.7 Å². The van der Waals surface area contributed by atoms with Gasteiger partial charge < -0.3 is 9.47 Å². The third-order valence-electron chi connectivity index (χ3n) is 3.17. The first-order chi connectivity index (χ1) is 11.4. The Kier molecular flexibility index (Phi) is 6.19. The minimum atomic E-state index is -0.0405. The van der Waals surface area contributed by atoms with Crippen LogP contribution in [-0.4, -0.2) is 18.0 Å². The van der Waals surface area contributed by atoms with Crippen LogP contribution in [0.4, 0.5) is 0 Å². The molecule has 24 heavy (non-hydrogen) atoms. The molecule has 0 unspecified atom stereocenters. The maximum absolute atomic E-state index is 12.3. The number of hydrogen-bond donors (Lipinski definition) is 0. The maximum atomic E-state index is 12.3. The van der Waals surface area contributed by atoms with Crippen LogP contribution >= 0.6 is 0 Å². The standard InChI is InChI=1S/C21H24O3/c1-15(2)23-19-11-9-18(10-12-19)21(22)13-8-17-6-5-7-20(14-17)24-16(3)4/h5-16H,1-4H3/b13-8+. The second-order valence-electron chi connectivity index (χ2n) is 6.13. The lowest BCUT2D eigenvalue weighted by atomic mass is 10.1. The van der Waals surface area contributed by atoms with Crippen molar-refractivity contribution in [2.24, 2.45) is 0 Å². The number of hydrogen-bond acceptors (Lipinski definition) is 3. The third-order valence-corrected chi connectivity index (χ3v) is 3.17. The van der Waals surface area contributed by atoms with E-state index in [-0.39, 0.29) is 18.0 Å². The molecule has 2 aromatic rings. The molecule has 0 heterocycles. The Morgan fingerprint density at radius 1 is 0.875 bits per heavy atom. The lowest BCUT2D eigenvalue weighted by molar-refractivity contribution is 0.104. The fourth-order valence-corrected chi connectivity index (χ4v) is 2.20. The molecule has 0 radical (unpaired) electrons. The second kappa shape index (κ2) is 8.34. The van der Waals surface area contributed by atoms with Gasteiger partial charge in [-0.05, 0) is 75.7 Å². The topological polar surface area (TPSA) is 35.5 Å². The summed E-state index contributed by atoms with van der Waals surface area (Å²) in [6, 6.07) is 14.9. The Balaban J connectivity index is 2.04. The van der Waals surface area contributed by atoms with Crippen molar-refractivity contribution in [2.45, 2.75) is 39.9 Å². The van der Waals surface area contributed by atoms with Gasteiger partial charge in [-0.1, -0.05) is 18.2 Å². The third kappa shape index (κ3) is 5.58. The molecule has 0 amide bonds. The Labute approximate surface area is 143 Å². The summed E-state index contributed by atoms with van der Waals surface area (Å²) in [5.41, 5.74) is 1.57. The Bertz CT molecular complexity index is 697. The van der Waals surface area contributed by atoms with Crippen molar-refractivity contribution in [1.82, 2.24) is 0 Å². The van der Waals surface area contributed by atoms with Crippen LogP contribution in [0.25, 0.3) is 6.08 Å². The molecule has 2 rings (SSSR count). The molecule has 0 spiro atoms. The van der Waals surface area contributed by atoms with E-state index in [4.69, 9.17) is 9.47 Å². The van der Waals surface area contributed by atoms with Crippen molar-refractivity contribution in [1.29, 1.82) is 0 Å². The van der Waals surface area contributed by atoms with Crippen molar-refractivity contribution in [2.75, 3.05) is 0 Å². The van der Waals surface area contributed by atoms with Gasteiger partial charge in [0.15, 0.2) is 5.78 Å². The Morgan fingerprint density at radius 2 is 1.50 bits per heavy atom. The predicted octanol–water partition coefficient (Wildman–Crippen LogP) is 5.16. The van der Waals surface area contributed by atoms with Gasteiger partial charge in [-0.25, -0.2) is 0 Å². The number of ether oxygens (including phenoxy) is 2. The van der Waals surface area contributed by atoms with Gasteiger partial charge in [-0.15, -0.1) is 0 Å². The van der Waals surface area contributed by atoms with Crippen LogP contribution in [0.15, 0.2) is 54.6 Å². The van der Waals surface area contributed by atoms with E-state index in [1.165, 1.54) is 0 Å². The molecule has 0 fully saturated rings. The summed E-state index contributed by atoms with van der Waals surface area (Å²) in [4.78, 5) is 12.3. The molecule has 0 saturated heterocycles. The number of ketones is 1.